The van der Waals surface area contributed by atoms with Gasteiger partial charge in [-0.2, -0.15) is 0 Å². The summed E-state index contributed by atoms with van der Waals surface area (Å²) in [5.74, 6) is 0.623. The van der Waals surface area contributed by atoms with Crippen molar-refractivity contribution < 1.29 is 8.83 Å². The van der Waals surface area contributed by atoms with Crippen molar-refractivity contribution in [2.75, 3.05) is 4.90 Å². The summed E-state index contributed by atoms with van der Waals surface area (Å²) in [5, 5.41) is 6.62. The second-order valence-corrected chi connectivity index (χ2v) is 15.5. The van der Waals surface area contributed by atoms with E-state index in [1.165, 1.54) is 11.1 Å². The summed E-state index contributed by atoms with van der Waals surface area (Å²) in [6.07, 6.45) is 0. The number of anilines is 3. The lowest BCUT2D eigenvalue weighted by Crippen LogP contribution is -2.11. The fourth-order valence-electron chi connectivity index (χ4n) is 8.99. The molecule has 0 saturated carbocycles. The average Bonchev–Trinajstić information content (AvgIpc) is 3.94. The number of fused-ring (bicyclic) bond motifs is 8. The number of oxazole rings is 1. The van der Waals surface area contributed by atoms with Gasteiger partial charge in [-0.25, -0.2) is 4.98 Å². The van der Waals surface area contributed by atoms with Gasteiger partial charge in [0.25, 0.3) is 0 Å². The van der Waals surface area contributed by atoms with Crippen LogP contribution in [0.1, 0.15) is 0 Å². The molecular weight excluding hydrogens is 745 g/mol. The van der Waals surface area contributed by atoms with Crippen LogP contribution < -0.4 is 4.90 Å². The van der Waals surface area contributed by atoms with Gasteiger partial charge in [-0.1, -0.05) is 152 Å². The van der Waals surface area contributed by atoms with Gasteiger partial charge in [-0.15, -0.1) is 0 Å². The van der Waals surface area contributed by atoms with Gasteiger partial charge in [-0.05, 0) is 111 Å². The number of para-hydroxylation sites is 2. The van der Waals surface area contributed by atoms with Crippen molar-refractivity contribution in [1.82, 2.24) is 4.98 Å². The van der Waals surface area contributed by atoms with Gasteiger partial charge in [0.15, 0.2) is 5.58 Å². The zero-order valence-electron chi connectivity index (χ0n) is 33.0. The smallest absolute Gasteiger partial charge is 0.227 e. The van der Waals surface area contributed by atoms with Crippen molar-refractivity contribution in [3.05, 3.63) is 218 Å². The number of hydrogen-bond acceptors (Lipinski definition) is 4. The zero-order chi connectivity index (χ0) is 40.3. The molecule has 0 fully saturated rings. The molecule has 0 unspecified atom stereocenters. The van der Waals surface area contributed by atoms with Crippen LogP contribution in [0.15, 0.2) is 227 Å². The molecule has 4 nitrogen and oxygen atoms in total. The molecule has 0 N–H and O–H groups in total. The van der Waals surface area contributed by atoms with Crippen molar-refractivity contribution in [1.29, 1.82) is 0 Å². The van der Waals surface area contributed by atoms with E-state index >= 15 is 0 Å². The first-order chi connectivity index (χ1) is 30.2. The highest BCUT2D eigenvalue weighted by atomic mass is 16.3. The molecule has 12 aromatic rings. The van der Waals surface area contributed by atoms with E-state index in [4.69, 9.17) is 13.8 Å². The Hall–Kier alpha value is -8.21. The van der Waals surface area contributed by atoms with E-state index in [9.17, 15) is 0 Å². The summed E-state index contributed by atoms with van der Waals surface area (Å²) in [6.45, 7) is 0. The maximum absolute atomic E-state index is 6.58. The fourth-order valence-corrected chi connectivity index (χ4v) is 8.99. The van der Waals surface area contributed by atoms with E-state index in [1.54, 1.807) is 0 Å². The number of rotatable bonds is 7. The van der Waals surface area contributed by atoms with E-state index in [0.717, 1.165) is 99.5 Å². The van der Waals surface area contributed by atoms with Crippen LogP contribution in [0.3, 0.4) is 0 Å². The quantitative estimate of drug-likeness (QED) is 0.151. The normalized spacial score (nSPS) is 11.6. The molecule has 2 heterocycles. The van der Waals surface area contributed by atoms with Gasteiger partial charge in [0.2, 0.25) is 5.89 Å². The molecule has 0 aliphatic carbocycles. The van der Waals surface area contributed by atoms with Gasteiger partial charge >= 0.3 is 0 Å². The van der Waals surface area contributed by atoms with Crippen LogP contribution in [0.4, 0.5) is 17.1 Å². The van der Waals surface area contributed by atoms with Gasteiger partial charge in [0, 0.05) is 38.7 Å². The Balaban J connectivity index is 1.05. The summed E-state index contributed by atoms with van der Waals surface area (Å²) in [7, 11) is 0. The van der Waals surface area contributed by atoms with E-state index in [0.29, 0.717) is 5.89 Å². The minimum absolute atomic E-state index is 0.623. The summed E-state index contributed by atoms with van der Waals surface area (Å²) in [6, 6.07) is 77.2. The van der Waals surface area contributed by atoms with Gasteiger partial charge in [0.05, 0.1) is 5.69 Å². The Kier molecular flexibility index (Phi) is 8.13. The second-order valence-electron chi connectivity index (χ2n) is 15.5. The van der Waals surface area contributed by atoms with E-state index in [2.05, 4.69) is 181 Å². The molecule has 0 saturated heterocycles. The standard InChI is InChI=1S/C57H36N2O2/c1-3-14-37(15-4-1)45-20-7-8-21-46(45)47-22-9-11-24-52(47)59(44-31-33-54-50(36-44)48-23-10-12-25-53(48)60-54)43-19-13-18-41(34-43)42-29-27-38-26-28-39-30-32-51-56(55(39)49(38)35-42)61-57(58-51)40-16-5-2-6-17-40/h1-36H. The van der Waals surface area contributed by atoms with Crippen molar-refractivity contribution >= 4 is 71.6 Å². The fraction of sp³-hybridized carbons (Fsp3) is 0. The monoisotopic (exact) mass is 780 g/mol. The van der Waals surface area contributed by atoms with Crippen LogP contribution in [0.25, 0.3) is 99.4 Å². The SMILES string of the molecule is c1ccc(-c2nc3ccc4ccc5ccc(-c6cccc(N(c7ccc8oc9ccccc9c8c7)c7ccccc7-c7ccccc7-c7ccccc7)c6)cc5c4c3o2)cc1. The summed E-state index contributed by atoms with van der Waals surface area (Å²) in [4.78, 5) is 7.30. The molecule has 12 rings (SSSR count). The molecular formula is C57H36N2O2. The molecule has 2 aromatic heterocycles. The largest absolute Gasteiger partial charge is 0.456 e. The predicted molar refractivity (Wildman–Crippen MR) is 253 cm³/mol. The lowest BCUT2D eigenvalue weighted by Gasteiger charge is -2.29. The highest BCUT2D eigenvalue weighted by Gasteiger charge is 2.21. The molecule has 0 bridgehead atoms. The minimum atomic E-state index is 0.623. The predicted octanol–water partition coefficient (Wildman–Crippen LogP) is 16.2. The second kappa shape index (κ2) is 14.3. The van der Waals surface area contributed by atoms with Gasteiger partial charge in [-0.3, -0.25) is 0 Å². The number of furan rings is 1. The van der Waals surface area contributed by atoms with Crippen molar-refractivity contribution in [2.24, 2.45) is 0 Å². The third-order valence-corrected chi connectivity index (χ3v) is 11.9. The van der Waals surface area contributed by atoms with Crippen LogP contribution in [0.5, 0.6) is 0 Å². The van der Waals surface area contributed by atoms with Crippen LogP contribution in [-0.2, 0) is 0 Å². The first-order valence-corrected chi connectivity index (χ1v) is 20.6. The lowest BCUT2D eigenvalue weighted by molar-refractivity contribution is 0.623. The summed E-state index contributed by atoms with van der Waals surface area (Å²) >= 11 is 0. The average molecular weight is 781 g/mol. The van der Waals surface area contributed by atoms with Crippen LogP contribution in [0.2, 0.25) is 0 Å². The van der Waals surface area contributed by atoms with Gasteiger partial charge in [0.1, 0.15) is 16.7 Å². The number of benzene rings is 10. The Bertz CT molecular complexity index is 3600. The molecule has 0 spiro atoms. The zero-order valence-corrected chi connectivity index (χ0v) is 33.0. The maximum atomic E-state index is 6.58. The topological polar surface area (TPSA) is 42.4 Å². The Morgan fingerprint density at radius 2 is 1.00 bits per heavy atom. The first-order valence-electron chi connectivity index (χ1n) is 20.6. The van der Waals surface area contributed by atoms with Gasteiger partial charge < -0.3 is 13.7 Å². The third kappa shape index (κ3) is 5.96. The molecule has 286 valence electrons. The van der Waals surface area contributed by atoms with E-state index < -0.39 is 0 Å². The number of aromatic nitrogens is 1. The first kappa shape index (κ1) is 34.8. The van der Waals surface area contributed by atoms with Crippen LogP contribution >= 0.6 is 0 Å². The Morgan fingerprint density at radius 3 is 1.87 bits per heavy atom. The highest BCUT2D eigenvalue weighted by molar-refractivity contribution is 6.18. The van der Waals surface area contributed by atoms with Crippen molar-refractivity contribution in [3.8, 4) is 44.8 Å². The van der Waals surface area contributed by atoms with E-state index in [-0.39, 0.29) is 0 Å². The summed E-state index contributed by atoms with van der Waals surface area (Å²) in [5.41, 5.74) is 14.4. The molecule has 10 aromatic carbocycles. The minimum Gasteiger partial charge on any atom is -0.456 e. The van der Waals surface area contributed by atoms with Crippen molar-refractivity contribution in [2.45, 2.75) is 0 Å². The highest BCUT2D eigenvalue weighted by Crippen LogP contribution is 2.46. The summed E-state index contributed by atoms with van der Waals surface area (Å²) < 4.78 is 12.9. The molecule has 0 aliphatic rings. The molecule has 4 heteroatoms. The Morgan fingerprint density at radius 1 is 0.361 bits per heavy atom. The number of nitrogens with zero attached hydrogens (tertiary/aromatic N) is 2. The molecule has 0 amide bonds. The van der Waals surface area contributed by atoms with Crippen molar-refractivity contribution in [3.63, 3.8) is 0 Å². The molecule has 0 atom stereocenters. The maximum Gasteiger partial charge on any atom is 0.227 e. The molecule has 0 radical (unpaired) electrons. The Labute approximate surface area is 352 Å². The van der Waals surface area contributed by atoms with E-state index in [1.807, 2.05) is 42.5 Å². The lowest BCUT2D eigenvalue weighted by atomic mass is 9.93. The molecule has 61 heavy (non-hydrogen) atoms. The molecule has 0 aliphatic heterocycles. The third-order valence-electron chi connectivity index (χ3n) is 11.9. The van der Waals surface area contributed by atoms with Crippen LogP contribution in [0, 0.1) is 0 Å². The number of hydrogen-bond donors (Lipinski definition) is 0. The van der Waals surface area contributed by atoms with Crippen LogP contribution in [-0.4, -0.2) is 4.98 Å².